The van der Waals surface area contributed by atoms with Crippen molar-refractivity contribution in [3.63, 3.8) is 0 Å². The maximum Gasteiger partial charge on any atom is 0.264 e. The van der Waals surface area contributed by atoms with Gasteiger partial charge in [-0.25, -0.2) is 0 Å². The minimum absolute atomic E-state index is 0.00792. The molecule has 7 nitrogen and oxygen atoms in total. The van der Waals surface area contributed by atoms with E-state index in [0.29, 0.717) is 31.6 Å². The summed E-state index contributed by atoms with van der Waals surface area (Å²) >= 11 is 2.26. The molecule has 3 heterocycles. The highest BCUT2D eigenvalue weighted by Gasteiger charge is 2.66. The molecular weight excluding hydrogens is 602 g/mol. The summed E-state index contributed by atoms with van der Waals surface area (Å²) in [6.07, 6.45) is 2.33. The fourth-order valence-electron chi connectivity index (χ4n) is 6.15. The van der Waals surface area contributed by atoms with Crippen molar-refractivity contribution >= 4 is 42.6 Å². The number of amides is 1. The fourth-order valence-corrected chi connectivity index (χ4v) is 9.18. The summed E-state index contributed by atoms with van der Waals surface area (Å²) in [5, 5.41) is 17.4. The number of aliphatic hydroxyl groups is 1. The number of hydrogen-bond donors (Lipinski definition) is 1. The van der Waals surface area contributed by atoms with Gasteiger partial charge in [-0.05, 0) is 65.9 Å². The molecule has 1 fully saturated rings. The summed E-state index contributed by atoms with van der Waals surface area (Å²) in [5.74, 6) is -0.437. The van der Waals surface area contributed by atoms with Crippen molar-refractivity contribution in [2.75, 3.05) is 11.5 Å². The second-order valence-electron chi connectivity index (χ2n) is 10.5. The van der Waals surface area contributed by atoms with Crippen molar-refractivity contribution in [3.05, 3.63) is 75.1 Å². The average Bonchev–Trinajstić information content (AvgIpc) is 3.49. The Balaban J connectivity index is 1.50. The highest BCUT2D eigenvalue weighted by atomic mass is 127. The van der Waals surface area contributed by atoms with Crippen LogP contribution in [0.25, 0.3) is 0 Å². The number of hydrogen-bond acceptors (Lipinski definition) is 5. The number of benzene rings is 2. The van der Waals surface area contributed by atoms with Crippen LogP contribution in [0.3, 0.4) is 0 Å². The molecule has 0 unspecified atom stereocenters. The molecule has 4 atom stereocenters. The molecule has 1 N–H and O–H groups in total. The highest BCUT2D eigenvalue weighted by Crippen LogP contribution is 2.60. The lowest BCUT2D eigenvalue weighted by atomic mass is 9.82. The molecule has 1 spiro atoms. The van der Waals surface area contributed by atoms with Crippen LogP contribution < -0.4 is 4.90 Å². The van der Waals surface area contributed by atoms with Crippen LogP contribution >= 0.6 is 22.6 Å². The maximum atomic E-state index is 16.0. The second-order valence-corrected chi connectivity index (χ2v) is 15.6. The minimum Gasteiger partial charge on any atom is -0.396 e. The number of rotatable bonds is 8. The first kappa shape index (κ1) is 26.5. The molecule has 10 heteroatoms. The number of fused-ring (bicyclic) bond motifs is 2. The summed E-state index contributed by atoms with van der Waals surface area (Å²) in [6.45, 7) is 6.36. The van der Waals surface area contributed by atoms with Gasteiger partial charge in [0, 0.05) is 46.4 Å². The number of nitrogens with zero attached hydrogens (tertiary/aromatic N) is 4. The molecule has 0 bridgehead atoms. The zero-order chi connectivity index (χ0) is 26.4. The van der Waals surface area contributed by atoms with Crippen molar-refractivity contribution in [1.29, 1.82) is 0 Å². The Bertz CT molecular complexity index is 1280. The third-order valence-corrected chi connectivity index (χ3v) is 10.8. The predicted molar refractivity (Wildman–Crippen MR) is 150 cm³/mol. The van der Waals surface area contributed by atoms with E-state index in [2.05, 4.69) is 32.9 Å². The van der Waals surface area contributed by atoms with E-state index in [-0.39, 0.29) is 24.0 Å². The summed E-state index contributed by atoms with van der Waals surface area (Å²) in [6, 6.07) is 15.9. The molecule has 1 aromatic heterocycles. The van der Waals surface area contributed by atoms with Crippen molar-refractivity contribution in [3.8, 4) is 0 Å². The third kappa shape index (κ3) is 4.77. The SMILES string of the molecule is C[C@@H]1[C@@H]([Si](C)(C)F)[C@H](CCn2cc(CCO)nn2)O[C@@]12C(=O)N(Cc1ccccc1)c1ccc(I)cc12. The normalized spacial score (nSPS) is 25.3. The fraction of sp³-hybridized carbons (Fsp3) is 0.444. The van der Waals surface area contributed by atoms with Crippen molar-refractivity contribution in [2.24, 2.45) is 5.92 Å². The lowest BCUT2D eigenvalue weighted by molar-refractivity contribution is -0.146. The maximum absolute atomic E-state index is 16.0. The molecule has 3 aromatic rings. The Labute approximate surface area is 231 Å². The van der Waals surface area contributed by atoms with Gasteiger partial charge in [-0.2, -0.15) is 0 Å². The Kier molecular flexibility index (Phi) is 7.29. The Hall–Kier alpha value is -2.15. The first-order valence-corrected chi connectivity index (χ1v) is 16.7. The standard InChI is InChI=1S/C27H32FIN4O3Si/c1-18-25(37(2,3)28)24(11-13-32-17-21(12-14-34)30-31-32)36-27(18)22-15-20(29)9-10-23(22)33(26(27)35)16-19-7-5-4-6-8-19/h4-10,15,17-18,24-25,34H,11-14,16H2,1-3H3/t18-,24+,25-,27+/m1/s1. The number of carbonyl (C=O) groups excluding carboxylic acids is 1. The molecular formula is C27H32FIN4O3Si. The Morgan fingerprint density at radius 1 is 1.22 bits per heavy atom. The van der Waals surface area contributed by atoms with Crippen LogP contribution in [0.1, 0.15) is 30.2 Å². The molecule has 2 aliphatic heterocycles. The van der Waals surface area contributed by atoms with Gasteiger partial charge in [0.15, 0.2) is 5.60 Å². The molecule has 0 radical (unpaired) electrons. The van der Waals surface area contributed by atoms with Gasteiger partial charge in [0.2, 0.25) is 8.41 Å². The van der Waals surface area contributed by atoms with Gasteiger partial charge in [0.05, 0.1) is 24.0 Å². The van der Waals surface area contributed by atoms with E-state index in [0.717, 1.165) is 20.4 Å². The lowest BCUT2D eigenvalue weighted by Crippen LogP contribution is -2.45. The van der Waals surface area contributed by atoms with Gasteiger partial charge in [0.1, 0.15) is 0 Å². The van der Waals surface area contributed by atoms with Crippen LogP contribution in [0.5, 0.6) is 0 Å². The van der Waals surface area contributed by atoms with Crippen LogP contribution in [0, 0.1) is 9.49 Å². The average molecular weight is 635 g/mol. The Morgan fingerprint density at radius 3 is 2.68 bits per heavy atom. The van der Waals surface area contributed by atoms with Crippen LogP contribution in [0.2, 0.25) is 18.6 Å². The van der Waals surface area contributed by atoms with Crippen molar-refractivity contribution in [1.82, 2.24) is 15.0 Å². The molecule has 2 aromatic carbocycles. The second kappa shape index (κ2) is 10.2. The highest BCUT2D eigenvalue weighted by molar-refractivity contribution is 14.1. The smallest absolute Gasteiger partial charge is 0.264 e. The number of ether oxygens (including phenoxy) is 1. The quantitative estimate of drug-likeness (QED) is 0.218. The molecule has 37 heavy (non-hydrogen) atoms. The molecule has 2 aliphatic rings. The number of aliphatic hydroxyl groups excluding tert-OH is 1. The van der Waals surface area contributed by atoms with Gasteiger partial charge < -0.3 is 18.9 Å². The monoisotopic (exact) mass is 634 g/mol. The van der Waals surface area contributed by atoms with Crippen molar-refractivity contribution < 1.29 is 18.7 Å². The third-order valence-electron chi connectivity index (χ3n) is 7.70. The van der Waals surface area contributed by atoms with E-state index in [1.807, 2.05) is 60.4 Å². The zero-order valence-electron chi connectivity index (χ0n) is 21.3. The van der Waals surface area contributed by atoms with Crippen LogP contribution in [0.4, 0.5) is 9.80 Å². The Morgan fingerprint density at radius 2 is 1.97 bits per heavy atom. The molecule has 5 rings (SSSR count). The van der Waals surface area contributed by atoms with E-state index < -0.39 is 20.1 Å². The molecule has 196 valence electrons. The van der Waals surface area contributed by atoms with Crippen LogP contribution in [0.15, 0.2) is 54.7 Å². The number of aryl methyl sites for hydroxylation is 1. The van der Waals surface area contributed by atoms with E-state index in [1.165, 1.54) is 0 Å². The van der Waals surface area contributed by atoms with E-state index in [1.54, 1.807) is 24.0 Å². The number of halogens is 2. The number of anilines is 1. The van der Waals surface area contributed by atoms with E-state index in [9.17, 15) is 9.90 Å². The minimum atomic E-state index is -3.23. The molecule has 0 aliphatic carbocycles. The predicted octanol–water partition coefficient (Wildman–Crippen LogP) is 4.83. The summed E-state index contributed by atoms with van der Waals surface area (Å²) in [5.41, 5.74) is 1.83. The zero-order valence-corrected chi connectivity index (χ0v) is 24.4. The number of aromatic nitrogens is 3. The van der Waals surface area contributed by atoms with Gasteiger partial charge in [-0.1, -0.05) is 42.5 Å². The first-order valence-electron chi connectivity index (χ1n) is 12.7. The van der Waals surface area contributed by atoms with Gasteiger partial charge >= 0.3 is 0 Å². The van der Waals surface area contributed by atoms with E-state index >= 15 is 4.11 Å². The van der Waals surface area contributed by atoms with Crippen molar-refractivity contribution in [2.45, 2.75) is 63.2 Å². The summed E-state index contributed by atoms with van der Waals surface area (Å²) in [7, 11) is -3.23. The largest absolute Gasteiger partial charge is 0.396 e. The first-order chi connectivity index (χ1) is 17.6. The van der Waals surface area contributed by atoms with Gasteiger partial charge in [-0.15, -0.1) is 5.10 Å². The van der Waals surface area contributed by atoms with E-state index in [4.69, 9.17) is 4.74 Å². The molecule has 0 saturated carbocycles. The molecule has 1 saturated heterocycles. The molecule has 1 amide bonds. The van der Waals surface area contributed by atoms with Gasteiger partial charge in [0.25, 0.3) is 5.91 Å². The van der Waals surface area contributed by atoms with Gasteiger partial charge in [-0.3, -0.25) is 9.48 Å². The summed E-state index contributed by atoms with van der Waals surface area (Å²) in [4.78, 5) is 16.1. The van der Waals surface area contributed by atoms with Crippen LogP contribution in [-0.4, -0.2) is 47.1 Å². The number of carbonyl (C=O) groups is 1. The summed E-state index contributed by atoms with van der Waals surface area (Å²) < 4.78 is 25.5. The van der Waals surface area contributed by atoms with Crippen LogP contribution in [-0.2, 0) is 34.6 Å². The topological polar surface area (TPSA) is 80.5 Å². The lowest BCUT2D eigenvalue weighted by Gasteiger charge is -2.31.